The molecule has 0 spiro atoms. The molecule has 0 radical (unpaired) electrons. The third-order valence-electron chi connectivity index (χ3n) is 1.33. The van der Waals surface area contributed by atoms with Gasteiger partial charge >= 0.3 is 0 Å². The molecule has 1 aromatic carbocycles. The molecule has 0 aliphatic carbocycles. The Morgan fingerprint density at radius 2 is 2.08 bits per heavy atom. The number of terminal acetylenes is 1. The molecular formula is C10H7NO2. The predicted octanol–water partition coefficient (Wildman–Crippen LogP) is 1.67. The van der Waals surface area contributed by atoms with Crippen LogP contribution in [0, 0.1) is 12.3 Å². The first-order valence-electron chi connectivity index (χ1n) is 3.61. The van der Waals surface area contributed by atoms with Gasteiger partial charge in [-0.1, -0.05) is 5.92 Å². The second kappa shape index (κ2) is 4.76. The summed E-state index contributed by atoms with van der Waals surface area (Å²) >= 11 is 0. The zero-order chi connectivity index (χ0) is 9.52. The molecule has 0 unspecified atom stereocenters. The van der Waals surface area contributed by atoms with Crippen molar-refractivity contribution in [2.45, 2.75) is 0 Å². The molecule has 1 aromatic rings. The number of hydrogen-bond acceptors (Lipinski definition) is 3. The maximum Gasteiger partial charge on any atom is 0.240 e. The minimum Gasteiger partial charge on any atom is -0.481 e. The normalized spacial score (nSPS) is 8.23. The molecule has 0 heterocycles. The molecule has 0 aromatic heterocycles. The van der Waals surface area contributed by atoms with Crippen molar-refractivity contribution < 1.29 is 9.53 Å². The van der Waals surface area contributed by atoms with Crippen molar-refractivity contribution in [2.24, 2.45) is 4.99 Å². The molecule has 0 saturated heterocycles. The van der Waals surface area contributed by atoms with Crippen LogP contribution in [0.25, 0.3) is 0 Å². The zero-order valence-corrected chi connectivity index (χ0v) is 6.86. The molecule has 0 aliphatic heterocycles. The van der Waals surface area contributed by atoms with Crippen molar-refractivity contribution in [1.82, 2.24) is 0 Å². The van der Waals surface area contributed by atoms with E-state index in [1.165, 1.54) is 6.08 Å². The standard InChI is InChI=1S/C10H7NO2/c1-2-7-13-10-5-3-9(4-6-10)11-8-12/h1,3-6H,7H2. The Hall–Kier alpha value is -2.04. The monoisotopic (exact) mass is 173 g/mol. The summed E-state index contributed by atoms with van der Waals surface area (Å²) in [6.45, 7) is 0.232. The summed E-state index contributed by atoms with van der Waals surface area (Å²) < 4.78 is 5.11. The molecule has 0 aliphatic rings. The van der Waals surface area contributed by atoms with Crippen LogP contribution in [0.15, 0.2) is 29.3 Å². The van der Waals surface area contributed by atoms with E-state index in [1.807, 2.05) is 0 Å². The first-order chi connectivity index (χ1) is 6.36. The molecular weight excluding hydrogens is 166 g/mol. The van der Waals surface area contributed by atoms with Gasteiger partial charge in [0.1, 0.15) is 12.4 Å². The number of benzene rings is 1. The van der Waals surface area contributed by atoms with E-state index < -0.39 is 0 Å². The number of ether oxygens (including phenoxy) is 1. The predicted molar refractivity (Wildman–Crippen MR) is 48.6 cm³/mol. The van der Waals surface area contributed by atoms with Crippen molar-refractivity contribution in [3.63, 3.8) is 0 Å². The van der Waals surface area contributed by atoms with E-state index in [4.69, 9.17) is 11.2 Å². The summed E-state index contributed by atoms with van der Waals surface area (Å²) in [7, 11) is 0. The van der Waals surface area contributed by atoms with Crippen LogP contribution in [0.3, 0.4) is 0 Å². The van der Waals surface area contributed by atoms with Gasteiger partial charge < -0.3 is 4.74 Å². The van der Waals surface area contributed by atoms with Crippen LogP contribution in [0.4, 0.5) is 5.69 Å². The first kappa shape index (κ1) is 9.05. The van der Waals surface area contributed by atoms with E-state index in [0.717, 1.165) is 0 Å². The van der Waals surface area contributed by atoms with E-state index in [9.17, 15) is 4.79 Å². The summed E-state index contributed by atoms with van der Waals surface area (Å²) in [5.74, 6) is 3.00. The van der Waals surface area contributed by atoms with E-state index in [2.05, 4.69) is 10.9 Å². The Balaban J connectivity index is 2.70. The van der Waals surface area contributed by atoms with Crippen molar-refractivity contribution >= 4 is 11.8 Å². The number of hydrogen-bond donors (Lipinski definition) is 0. The fraction of sp³-hybridized carbons (Fsp3) is 0.100. The van der Waals surface area contributed by atoms with Gasteiger partial charge in [-0.15, -0.1) is 6.42 Å². The van der Waals surface area contributed by atoms with Crippen molar-refractivity contribution in [3.05, 3.63) is 24.3 Å². The maximum atomic E-state index is 9.88. The quantitative estimate of drug-likeness (QED) is 0.396. The Morgan fingerprint density at radius 1 is 1.38 bits per heavy atom. The van der Waals surface area contributed by atoms with E-state index in [0.29, 0.717) is 11.4 Å². The second-order valence-corrected chi connectivity index (χ2v) is 2.19. The highest BCUT2D eigenvalue weighted by Crippen LogP contribution is 2.17. The second-order valence-electron chi connectivity index (χ2n) is 2.19. The minimum absolute atomic E-state index is 0.232. The molecule has 13 heavy (non-hydrogen) atoms. The third kappa shape index (κ3) is 2.82. The summed E-state index contributed by atoms with van der Waals surface area (Å²) in [4.78, 5) is 13.3. The molecule has 0 atom stereocenters. The van der Waals surface area contributed by atoms with Gasteiger partial charge in [0.25, 0.3) is 0 Å². The number of nitrogens with zero attached hydrogens (tertiary/aromatic N) is 1. The van der Waals surface area contributed by atoms with Gasteiger partial charge in [-0.05, 0) is 24.3 Å². The lowest BCUT2D eigenvalue weighted by molar-refractivity contribution is 0.370. The topological polar surface area (TPSA) is 38.7 Å². The summed E-state index contributed by atoms with van der Waals surface area (Å²) in [5.41, 5.74) is 0.544. The number of rotatable bonds is 3. The zero-order valence-electron chi connectivity index (χ0n) is 6.86. The van der Waals surface area contributed by atoms with E-state index in [-0.39, 0.29) is 6.61 Å². The number of carbonyl (C=O) groups excluding carboxylic acids is 1. The molecule has 0 amide bonds. The molecule has 0 fully saturated rings. The lowest BCUT2D eigenvalue weighted by Crippen LogP contribution is -1.92. The highest BCUT2D eigenvalue weighted by molar-refractivity contribution is 5.50. The van der Waals surface area contributed by atoms with Crippen LogP contribution in [0.1, 0.15) is 0 Å². The van der Waals surface area contributed by atoms with Gasteiger partial charge in [0.05, 0.1) is 5.69 Å². The lowest BCUT2D eigenvalue weighted by atomic mass is 10.3. The van der Waals surface area contributed by atoms with Crippen LogP contribution in [-0.2, 0) is 4.79 Å². The smallest absolute Gasteiger partial charge is 0.240 e. The molecule has 1 rings (SSSR count). The van der Waals surface area contributed by atoms with Crippen molar-refractivity contribution in [2.75, 3.05) is 6.61 Å². The van der Waals surface area contributed by atoms with Gasteiger partial charge in [0, 0.05) is 0 Å². The highest BCUT2D eigenvalue weighted by Gasteiger charge is 1.91. The average molecular weight is 173 g/mol. The Bertz CT molecular complexity index is 356. The summed E-state index contributed by atoms with van der Waals surface area (Å²) in [6, 6.07) is 6.68. The maximum absolute atomic E-state index is 9.88. The fourth-order valence-corrected chi connectivity index (χ4v) is 0.795. The van der Waals surface area contributed by atoms with Crippen LogP contribution < -0.4 is 4.74 Å². The number of aliphatic imine (C=N–C) groups is 1. The highest BCUT2D eigenvalue weighted by atomic mass is 16.5. The van der Waals surface area contributed by atoms with Crippen molar-refractivity contribution in [3.8, 4) is 18.1 Å². The van der Waals surface area contributed by atoms with Crippen molar-refractivity contribution in [1.29, 1.82) is 0 Å². The van der Waals surface area contributed by atoms with Gasteiger partial charge in [0.2, 0.25) is 6.08 Å². The molecule has 0 bridgehead atoms. The molecule has 3 nitrogen and oxygen atoms in total. The SMILES string of the molecule is C#CCOc1ccc(N=C=O)cc1. The summed E-state index contributed by atoms with van der Waals surface area (Å²) in [6.07, 6.45) is 6.46. The van der Waals surface area contributed by atoms with E-state index in [1.54, 1.807) is 24.3 Å². The third-order valence-corrected chi connectivity index (χ3v) is 1.33. The lowest BCUT2D eigenvalue weighted by Gasteiger charge is -2.00. The van der Waals surface area contributed by atoms with E-state index >= 15 is 0 Å². The Labute approximate surface area is 76.1 Å². The Morgan fingerprint density at radius 3 is 2.62 bits per heavy atom. The largest absolute Gasteiger partial charge is 0.481 e. The first-order valence-corrected chi connectivity index (χ1v) is 3.61. The van der Waals surface area contributed by atoms with Crippen LogP contribution >= 0.6 is 0 Å². The van der Waals surface area contributed by atoms with Gasteiger partial charge in [-0.3, -0.25) is 0 Å². The molecule has 64 valence electrons. The van der Waals surface area contributed by atoms with Crippen LogP contribution in [-0.4, -0.2) is 12.7 Å². The van der Waals surface area contributed by atoms with Crippen LogP contribution in [0.5, 0.6) is 5.75 Å². The molecule has 3 heteroatoms. The molecule has 0 N–H and O–H groups in total. The minimum atomic E-state index is 0.232. The molecule has 0 saturated carbocycles. The van der Waals surface area contributed by atoms with Gasteiger partial charge in [-0.2, -0.15) is 4.99 Å². The Kier molecular flexibility index (Phi) is 3.31. The number of isocyanates is 1. The fourth-order valence-electron chi connectivity index (χ4n) is 0.795. The van der Waals surface area contributed by atoms with Gasteiger partial charge in [0.15, 0.2) is 0 Å². The van der Waals surface area contributed by atoms with Gasteiger partial charge in [-0.25, -0.2) is 4.79 Å². The summed E-state index contributed by atoms with van der Waals surface area (Å²) in [5, 5.41) is 0. The van der Waals surface area contributed by atoms with Crippen LogP contribution in [0.2, 0.25) is 0 Å². The average Bonchev–Trinajstić information content (AvgIpc) is 2.17.